The number of sulfone groups is 1. The maximum absolute atomic E-state index is 12.1. The van der Waals surface area contributed by atoms with E-state index < -0.39 is 9.84 Å². The average Bonchev–Trinajstić information content (AvgIpc) is 2.46. The molecule has 1 aromatic carbocycles. The minimum atomic E-state index is -2.99. The standard InChI is InChI=1S/C15H23NO3S/c1-19-15-7-5-13(6-8-15)9-11-20(17,18)12-14-4-2-3-10-16-14/h5-8,14,16H,2-4,9-12H2,1H3. The summed E-state index contributed by atoms with van der Waals surface area (Å²) < 4.78 is 29.3. The van der Waals surface area contributed by atoms with Crippen LogP contribution in [0.25, 0.3) is 0 Å². The van der Waals surface area contributed by atoms with Gasteiger partial charge in [0.15, 0.2) is 9.84 Å². The number of ether oxygens (including phenoxy) is 1. The first-order valence-electron chi connectivity index (χ1n) is 7.16. The highest BCUT2D eigenvalue weighted by molar-refractivity contribution is 7.91. The lowest BCUT2D eigenvalue weighted by Crippen LogP contribution is -2.40. The van der Waals surface area contributed by atoms with Crippen LogP contribution in [0.15, 0.2) is 24.3 Å². The second-order valence-corrected chi connectivity index (χ2v) is 7.59. The summed E-state index contributed by atoms with van der Waals surface area (Å²) in [6, 6.07) is 7.72. The molecule has 5 heteroatoms. The van der Waals surface area contributed by atoms with Crippen molar-refractivity contribution >= 4 is 9.84 Å². The van der Waals surface area contributed by atoms with Crippen molar-refractivity contribution < 1.29 is 13.2 Å². The molecule has 1 aromatic rings. The number of benzene rings is 1. The molecule has 1 atom stereocenters. The molecule has 0 radical (unpaired) electrons. The largest absolute Gasteiger partial charge is 0.497 e. The number of nitrogens with one attached hydrogen (secondary N) is 1. The Hall–Kier alpha value is -1.07. The summed E-state index contributed by atoms with van der Waals surface area (Å²) in [5.74, 6) is 1.28. The van der Waals surface area contributed by atoms with Gasteiger partial charge in [-0.05, 0) is 43.5 Å². The quantitative estimate of drug-likeness (QED) is 0.870. The fourth-order valence-electron chi connectivity index (χ4n) is 2.52. The van der Waals surface area contributed by atoms with E-state index >= 15 is 0 Å². The van der Waals surface area contributed by atoms with Gasteiger partial charge in [0.2, 0.25) is 0 Å². The van der Waals surface area contributed by atoms with E-state index in [9.17, 15) is 8.42 Å². The second kappa shape index (κ2) is 7.09. The molecule has 0 aliphatic carbocycles. The Morgan fingerprint density at radius 3 is 2.60 bits per heavy atom. The summed E-state index contributed by atoms with van der Waals surface area (Å²) in [6.45, 7) is 0.943. The lowest BCUT2D eigenvalue weighted by atomic mass is 10.1. The van der Waals surface area contributed by atoms with Gasteiger partial charge in [0.05, 0.1) is 18.6 Å². The Labute approximate surface area is 121 Å². The van der Waals surface area contributed by atoms with Gasteiger partial charge in [0.1, 0.15) is 5.75 Å². The van der Waals surface area contributed by atoms with E-state index in [2.05, 4.69) is 5.32 Å². The van der Waals surface area contributed by atoms with Crippen LogP contribution in [0.3, 0.4) is 0 Å². The SMILES string of the molecule is COc1ccc(CCS(=O)(=O)CC2CCCCN2)cc1. The number of rotatable bonds is 6. The van der Waals surface area contributed by atoms with E-state index in [1.165, 1.54) is 0 Å². The third-order valence-corrected chi connectivity index (χ3v) is 5.46. The molecule has 112 valence electrons. The first kappa shape index (κ1) is 15.3. The maximum atomic E-state index is 12.1. The van der Waals surface area contributed by atoms with Crippen molar-refractivity contribution in [3.05, 3.63) is 29.8 Å². The third kappa shape index (κ3) is 4.80. The van der Waals surface area contributed by atoms with Crippen LogP contribution in [0.4, 0.5) is 0 Å². The first-order valence-corrected chi connectivity index (χ1v) is 8.98. The minimum Gasteiger partial charge on any atom is -0.497 e. The maximum Gasteiger partial charge on any atom is 0.152 e. The Bertz CT molecular complexity index is 504. The summed E-state index contributed by atoms with van der Waals surface area (Å²) in [5, 5.41) is 3.29. The predicted octanol–water partition coefficient (Wildman–Crippen LogP) is 1.79. The molecule has 4 nitrogen and oxygen atoms in total. The lowest BCUT2D eigenvalue weighted by molar-refractivity contribution is 0.414. The molecule has 1 aliphatic heterocycles. The smallest absolute Gasteiger partial charge is 0.152 e. The molecule has 1 aliphatic rings. The van der Waals surface area contributed by atoms with E-state index in [0.717, 1.165) is 37.1 Å². The molecule has 0 bridgehead atoms. The highest BCUT2D eigenvalue weighted by Crippen LogP contribution is 2.14. The number of aryl methyl sites for hydroxylation is 1. The molecule has 0 amide bonds. The Morgan fingerprint density at radius 1 is 1.25 bits per heavy atom. The van der Waals surface area contributed by atoms with E-state index in [1.807, 2.05) is 24.3 Å². The second-order valence-electron chi connectivity index (χ2n) is 5.36. The zero-order valence-electron chi connectivity index (χ0n) is 12.0. The highest BCUT2D eigenvalue weighted by atomic mass is 32.2. The molecule has 1 saturated heterocycles. The van der Waals surface area contributed by atoms with Crippen LogP contribution in [0.1, 0.15) is 24.8 Å². The van der Waals surface area contributed by atoms with Crippen LogP contribution in [0, 0.1) is 0 Å². The molecule has 20 heavy (non-hydrogen) atoms. The zero-order chi connectivity index (χ0) is 14.4. The first-order chi connectivity index (χ1) is 9.59. The van der Waals surface area contributed by atoms with Crippen LogP contribution in [0.5, 0.6) is 5.75 Å². The van der Waals surface area contributed by atoms with Crippen molar-refractivity contribution in [1.82, 2.24) is 5.32 Å². The molecule has 0 aromatic heterocycles. The van der Waals surface area contributed by atoms with Gasteiger partial charge in [0.25, 0.3) is 0 Å². The number of piperidine rings is 1. The van der Waals surface area contributed by atoms with Gasteiger partial charge in [-0.3, -0.25) is 0 Å². The normalized spacial score (nSPS) is 19.8. The van der Waals surface area contributed by atoms with E-state index in [4.69, 9.17) is 4.74 Å². The van der Waals surface area contributed by atoms with Crippen LogP contribution in [-0.4, -0.2) is 39.6 Å². The molecule has 0 saturated carbocycles. The van der Waals surface area contributed by atoms with Crippen molar-refractivity contribution in [2.45, 2.75) is 31.7 Å². The van der Waals surface area contributed by atoms with Gasteiger partial charge >= 0.3 is 0 Å². The summed E-state index contributed by atoms with van der Waals surface area (Å²) in [7, 11) is -1.37. The third-order valence-electron chi connectivity index (χ3n) is 3.73. The van der Waals surface area contributed by atoms with Gasteiger partial charge < -0.3 is 10.1 Å². The predicted molar refractivity (Wildman–Crippen MR) is 81.0 cm³/mol. The molecule has 1 unspecified atom stereocenters. The van der Waals surface area contributed by atoms with Gasteiger partial charge in [-0.1, -0.05) is 18.6 Å². The Morgan fingerprint density at radius 2 is 2.00 bits per heavy atom. The van der Waals surface area contributed by atoms with Crippen LogP contribution in [-0.2, 0) is 16.3 Å². The van der Waals surface area contributed by atoms with Gasteiger partial charge in [-0.2, -0.15) is 0 Å². The average molecular weight is 297 g/mol. The number of hydrogen-bond acceptors (Lipinski definition) is 4. The number of methoxy groups -OCH3 is 1. The summed E-state index contributed by atoms with van der Waals surface area (Å²) in [5.41, 5.74) is 1.03. The van der Waals surface area contributed by atoms with Gasteiger partial charge in [-0.25, -0.2) is 8.42 Å². The van der Waals surface area contributed by atoms with Crippen LogP contribution >= 0.6 is 0 Å². The fraction of sp³-hybridized carbons (Fsp3) is 0.600. The molecular weight excluding hydrogens is 274 g/mol. The molecule has 1 fully saturated rings. The minimum absolute atomic E-state index is 0.143. The number of hydrogen-bond donors (Lipinski definition) is 1. The van der Waals surface area contributed by atoms with E-state index in [0.29, 0.717) is 6.42 Å². The van der Waals surface area contributed by atoms with Crippen LogP contribution in [0.2, 0.25) is 0 Å². The Balaban J connectivity index is 1.84. The molecule has 1 heterocycles. The summed E-state index contributed by atoms with van der Waals surface area (Å²) in [6.07, 6.45) is 3.83. The molecule has 2 rings (SSSR count). The van der Waals surface area contributed by atoms with Crippen LogP contribution < -0.4 is 10.1 Å². The Kier molecular flexibility index (Phi) is 5.43. The van der Waals surface area contributed by atoms with E-state index in [1.54, 1.807) is 7.11 Å². The van der Waals surface area contributed by atoms with Gasteiger partial charge in [0, 0.05) is 6.04 Å². The van der Waals surface area contributed by atoms with Crippen molar-refractivity contribution in [1.29, 1.82) is 0 Å². The van der Waals surface area contributed by atoms with Crippen molar-refractivity contribution in [2.24, 2.45) is 0 Å². The van der Waals surface area contributed by atoms with Crippen molar-refractivity contribution in [3.63, 3.8) is 0 Å². The highest BCUT2D eigenvalue weighted by Gasteiger charge is 2.20. The van der Waals surface area contributed by atoms with Crippen molar-refractivity contribution in [3.8, 4) is 5.75 Å². The van der Waals surface area contributed by atoms with Gasteiger partial charge in [-0.15, -0.1) is 0 Å². The summed E-state index contributed by atoms with van der Waals surface area (Å²) in [4.78, 5) is 0. The monoisotopic (exact) mass is 297 g/mol. The topological polar surface area (TPSA) is 55.4 Å². The lowest BCUT2D eigenvalue weighted by Gasteiger charge is -2.23. The molecular formula is C15H23NO3S. The zero-order valence-corrected chi connectivity index (χ0v) is 12.8. The van der Waals surface area contributed by atoms with E-state index in [-0.39, 0.29) is 17.5 Å². The fourth-order valence-corrected chi connectivity index (χ4v) is 4.13. The summed E-state index contributed by atoms with van der Waals surface area (Å²) >= 11 is 0. The van der Waals surface area contributed by atoms with Crippen molar-refractivity contribution in [2.75, 3.05) is 25.2 Å². The molecule has 0 spiro atoms. The molecule has 1 N–H and O–H groups in total.